The second-order valence-electron chi connectivity index (χ2n) is 6.05. The molecule has 4 rings (SSSR count). The number of hydrogen-bond acceptors (Lipinski definition) is 5. The number of carbonyl (C=O) groups is 1. The summed E-state index contributed by atoms with van der Waals surface area (Å²) in [6.07, 6.45) is 0. The molecule has 0 radical (unpaired) electrons. The summed E-state index contributed by atoms with van der Waals surface area (Å²) < 4.78 is 7.53. The molecular weight excluding hydrogens is 348 g/mol. The molecule has 0 fully saturated rings. The van der Waals surface area contributed by atoms with Crippen LogP contribution in [0.2, 0.25) is 0 Å². The number of nitrogens with zero attached hydrogens (tertiary/aromatic N) is 3. The fraction of sp³-hybridized carbons (Fsp3) is 0.211. The minimum atomic E-state index is -0.126. The van der Waals surface area contributed by atoms with Gasteiger partial charge < -0.3 is 9.30 Å². The van der Waals surface area contributed by atoms with E-state index >= 15 is 0 Å². The quantitative estimate of drug-likeness (QED) is 0.766. The Hall–Kier alpha value is -2.80. The molecular formula is C19H18N4O2S. The number of benzene rings is 2. The zero-order chi connectivity index (χ0) is 18.3. The average molecular weight is 366 g/mol. The summed E-state index contributed by atoms with van der Waals surface area (Å²) >= 11 is 1.24. The highest BCUT2D eigenvalue weighted by molar-refractivity contribution is 8.14. The van der Waals surface area contributed by atoms with Crippen molar-refractivity contribution in [3.63, 3.8) is 0 Å². The van der Waals surface area contributed by atoms with Crippen LogP contribution in [-0.4, -0.2) is 32.9 Å². The summed E-state index contributed by atoms with van der Waals surface area (Å²) in [6.45, 7) is 1.98. The van der Waals surface area contributed by atoms with Gasteiger partial charge in [-0.15, -0.1) is 0 Å². The highest BCUT2D eigenvalue weighted by Gasteiger charge is 2.23. The normalized spacial score (nSPS) is 17.1. The van der Waals surface area contributed by atoms with Crippen molar-refractivity contribution in [3.05, 3.63) is 48.0 Å². The molecule has 1 N–H and O–H groups in total. The number of hydrazone groups is 1. The number of rotatable bonds is 3. The molecule has 1 atom stereocenters. The third-order valence-electron chi connectivity index (χ3n) is 4.46. The van der Waals surface area contributed by atoms with E-state index in [1.807, 2.05) is 56.4 Å². The number of aromatic nitrogens is 2. The van der Waals surface area contributed by atoms with Crippen molar-refractivity contribution in [2.75, 3.05) is 7.11 Å². The van der Waals surface area contributed by atoms with Crippen molar-refractivity contribution in [1.29, 1.82) is 0 Å². The van der Waals surface area contributed by atoms with Crippen molar-refractivity contribution in [2.45, 2.75) is 12.2 Å². The number of aryl methyl sites for hydroxylation is 1. The SMILES string of the molecule is COc1ccccc1-c1nc2cc(C3=NNC(=O)SC3C)ccc2n1C. The fourth-order valence-electron chi connectivity index (χ4n) is 3.17. The minimum Gasteiger partial charge on any atom is -0.496 e. The number of methoxy groups -OCH3 is 1. The van der Waals surface area contributed by atoms with Gasteiger partial charge in [0, 0.05) is 12.6 Å². The molecule has 1 aliphatic rings. The second kappa shape index (κ2) is 6.49. The van der Waals surface area contributed by atoms with E-state index in [-0.39, 0.29) is 10.5 Å². The number of fused-ring (bicyclic) bond motifs is 1. The monoisotopic (exact) mass is 366 g/mol. The first-order valence-corrected chi connectivity index (χ1v) is 9.11. The standard InChI is InChI=1S/C19H18N4O2S/c1-11-17(21-22-19(24)26-11)12-8-9-15-14(10-12)20-18(23(15)2)13-6-4-5-7-16(13)25-3/h4-11H,1-3H3,(H,22,24). The molecule has 1 aliphatic heterocycles. The van der Waals surface area contributed by atoms with Gasteiger partial charge in [0.25, 0.3) is 5.24 Å². The molecule has 0 aliphatic carbocycles. The van der Waals surface area contributed by atoms with E-state index in [1.54, 1.807) is 7.11 Å². The third-order valence-corrected chi connectivity index (χ3v) is 5.34. The van der Waals surface area contributed by atoms with Gasteiger partial charge in [-0.2, -0.15) is 5.10 Å². The molecule has 1 amide bonds. The van der Waals surface area contributed by atoms with Crippen LogP contribution in [0.1, 0.15) is 12.5 Å². The van der Waals surface area contributed by atoms with Gasteiger partial charge in [0.2, 0.25) is 0 Å². The van der Waals surface area contributed by atoms with E-state index in [4.69, 9.17) is 9.72 Å². The van der Waals surface area contributed by atoms with E-state index in [0.29, 0.717) is 0 Å². The van der Waals surface area contributed by atoms with E-state index in [2.05, 4.69) is 15.1 Å². The van der Waals surface area contributed by atoms with E-state index in [1.165, 1.54) is 11.8 Å². The Kier molecular flexibility index (Phi) is 4.16. The summed E-state index contributed by atoms with van der Waals surface area (Å²) in [4.78, 5) is 16.3. The third kappa shape index (κ3) is 2.74. The minimum absolute atomic E-state index is 0.00130. The first-order valence-electron chi connectivity index (χ1n) is 8.23. The van der Waals surface area contributed by atoms with Crippen molar-refractivity contribution < 1.29 is 9.53 Å². The molecule has 0 spiro atoms. The van der Waals surface area contributed by atoms with Gasteiger partial charge in [-0.05, 0) is 31.2 Å². The zero-order valence-corrected chi connectivity index (χ0v) is 15.5. The van der Waals surface area contributed by atoms with Crippen LogP contribution in [-0.2, 0) is 7.05 Å². The maximum absolute atomic E-state index is 11.4. The number of thioether (sulfide) groups is 1. The lowest BCUT2D eigenvalue weighted by Crippen LogP contribution is -2.29. The van der Waals surface area contributed by atoms with Crippen LogP contribution in [0.25, 0.3) is 22.4 Å². The van der Waals surface area contributed by atoms with Crippen LogP contribution in [0.15, 0.2) is 47.6 Å². The van der Waals surface area contributed by atoms with Gasteiger partial charge in [-0.3, -0.25) is 4.79 Å². The Morgan fingerprint density at radius 1 is 1.23 bits per heavy atom. The lowest BCUT2D eigenvalue weighted by Gasteiger charge is -2.18. The fourth-order valence-corrected chi connectivity index (χ4v) is 3.89. The summed E-state index contributed by atoms with van der Waals surface area (Å²) in [5.74, 6) is 1.63. The molecule has 0 saturated heterocycles. The molecule has 132 valence electrons. The number of hydrogen-bond donors (Lipinski definition) is 1. The Labute approximate surface area is 155 Å². The molecule has 0 bridgehead atoms. The van der Waals surface area contributed by atoms with Gasteiger partial charge in [-0.1, -0.05) is 30.0 Å². The van der Waals surface area contributed by atoms with Crippen LogP contribution < -0.4 is 10.2 Å². The van der Waals surface area contributed by atoms with Gasteiger partial charge in [0.05, 0.1) is 34.7 Å². The average Bonchev–Trinajstić information content (AvgIpc) is 2.97. The smallest absolute Gasteiger partial charge is 0.299 e. The summed E-state index contributed by atoms with van der Waals surface area (Å²) in [5.41, 5.74) is 7.19. The molecule has 6 nitrogen and oxygen atoms in total. The summed E-state index contributed by atoms with van der Waals surface area (Å²) in [6, 6.07) is 13.9. The van der Waals surface area contributed by atoms with Crippen molar-refractivity contribution in [2.24, 2.45) is 12.1 Å². The van der Waals surface area contributed by atoms with Crippen LogP contribution in [0.3, 0.4) is 0 Å². The predicted molar refractivity (Wildman–Crippen MR) is 105 cm³/mol. The van der Waals surface area contributed by atoms with Crippen molar-refractivity contribution in [3.8, 4) is 17.1 Å². The molecule has 7 heteroatoms. The van der Waals surface area contributed by atoms with Crippen LogP contribution in [0.5, 0.6) is 5.75 Å². The van der Waals surface area contributed by atoms with Gasteiger partial charge in [0.15, 0.2) is 0 Å². The van der Waals surface area contributed by atoms with E-state index in [0.717, 1.165) is 39.4 Å². The lowest BCUT2D eigenvalue weighted by atomic mass is 10.1. The Morgan fingerprint density at radius 3 is 2.81 bits per heavy atom. The molecule has 0 saturated carbocycles. The van der Waals surface area contributed by atoms with Gasteiger partial charge in [0.1, 0.15) is 11.6 Å². The maximum Gasteiger partial charge on any atom is 0.299 e. The number of ether oxygens (including phenoxy) is 1. The molecule has 2 heterocycles. The zero-order valence-electron chi connectivity index (χ0n) is 14.7. The van der Waals surface area contributed by atoms with E-state index < -0.39 is 0 Å². The molecule has 1 unspecified atom stereocenters. The van der Waals surface area contributed by atoms with Crippen molar-refractivity contribution >= 4 is 33.7 Å². The number of amides is 1. The maximum atomic E-state index is 11.4. The summed E-state index contributed by atoms with van der Waals surface area (Å²) in [5, 5.41) is 4.10. The first kappa shape index (κ1) is 16.7. The first-order chi connectivity index (χ1) is 12.6. The van der Waals surface area contributed by atoms with Gasteiger partial charge >= 0.3 is 0 Å². The van der Waals surface area contributed by atoms with Gasteiger partial charge in [-0.25, -0.2) is 10.4 Å². The molecule has 3 aromatic rings. The number of carbonyl (C=O) groups excluding carboxylic acids is 1. The Morgan fingerprint density at radius 2 is 2.04 bits per heavy atom. The number of nitrogens with one attached hydrogen (secondary N) is 1. The molecule has 1 aromatic heterocycles. The molecule has 2 aromatic carbocycles. The number of imidazole rings is 1. The van der Waals surface area contributed by atoms with Crippen LogP contribution in [0.4, 0.5) is 4.79 Å². The van der Waals surface area contributed by atoms with E-state index in [9.17, 15) is 4.79 Å². The topological polar surface area (TPSA) is 68.5 Å². The highest BCUT2D eigenvalue weighted by atomic mass is 32.2. The lowest BCUT2D eigenvalue weighted by molar-refractivity contribution is 0.261. The van der Waals surface area contributed by atoms with Crippen molar-refractivity contribution in [1.82, 2.24) is 15.0 Å². The van der Waals surface area contributed by atoms with Crippen LogP contribution in [0, 0.1) is 0 Å². The number of para-hydroxylation sites is 1. The largest absolute Gasteiger partial charge is 0.496 e. The highest BCUT2D eigenvalue weighted by Crippen LogP contribution is 2.32. The van der Waals surface area contributed by atoms with Crippen LogP contribution >= 0.6 is 11.8 Å². The molecule has 26 heavy (non-hydrogen) atoms. The summed E-state index contributed by atoms with van der Waals surface area (Å²) in [7, 11) is 3.65. The Bertz CT molecular complexity index is 1040. The second-order valence-corrected chi connectivity index (χ2v) is 7.37. The predicted octanol–water partition coefficient (Wildman–Crippen LogP) is 3.80. The Balaban J connectivity index is 1.82.